The minimum absolute atomic E-state index is 0.185. The molecule has 0 saturated heterocycles. The number of thiophene rings is 1. The van der Waals surface area contributed by atoms with Crippen molar-refractivity contribution in [1.82, 2.24) is 4.90 Å². The Morgan fingerprint density at radius 3 is 2.35 bits per heavy atom. The summed E-state index contributed by atoms with van der Waals surface area (Å²) in [5.41, 5.74) is 2.34. The van der Waals surface area contributed by atoms with Crippen LogP contribution in [-0.4, -0.2) is 46.7 Å². The van der Waals surface area contributed by atoms with E-state index in [1.54, 1.807) is 11.3 Å². The Morgan fingerprint density at radius 1 is 1.12 bits per heavy atom. The lowest BCUT2D eigenvalue weighted by atomic mass is 10.0. The van der Waals surface area contributed by atoms with Crippen LogP contribution in [0.25, 0.3) is 0 Å². The smallest absolute Gasteiger partial charge is 0.414 e. The van der Waals surface area contributed by atoms with Gasteiger partial charge in [0.15, 0.2) is 0 Å². The summed E-state index contributed by atoms with van der Waals surface area (Å²) in [6.45, 7) is 1.70. The monoisotopic (exact) mass is 377 g/mol. The highest BCUT2D eigenvalue weighted by atomic mass is 32.1. The second-order valence-electron chi connectivity index (χ2n) is 5.54. The number of hydrogen-bond donors (Lipinski definition) is 2. The third-order valence-corrected chi connectivity index (χ3v) is 4.95. The fourth-order valence-corrected chi connectivity index (χ4v) is 3.62. The zero-order valence-electron chi connectivity index (χ0n) is 14.1. The predicted molar refractivity (Wildman–Crippen MR) is 94.9 cm³/mol. The van der Waals surface area contributed by atoms with E-state index in [0.29, 0.717) is 0 Å². The van der Waals surface area contributed by atoms with Gasteiger partial charge in [0.05, 0.1) is 7.11 Å². The maximum absolute atomic E-state index is 12.2. The van der Waals surface area contributed by atoms with Gasteiger partial charge in [-0.25, -0.2) is 14.4 Å². The van der Waals surface area contributed by atoms with Crippen LogP contribution in [0.3, 0.4) is 0 Å². The normalized spacial score (nSPS) is 14.3. The molecule has 2 N–H and O–H groups in total. The average Bonchev–Trinajstić information content (AvgIpc) is 3.11. The number of carbonyl (C=O) groups excluding carboxylic acids is 1. The summed E-state index contributed by atoms with van der Waals surface area (Å²) in [4.78, 5) is 34.0. The number of hydrogen-bond acceptors (Lipinski definition) is 6. The lowest BCUT2D eigenvalue weighted by molar-refractivity contribution is -0.159. The number of ether oxygens (including phenoxy) is 1. The van der Waals surface area contributed by atoms with Gasteiger partial charge in [0, 0.05) is 18.0 Å². The Bertz CT molecular complexity index is 761. The second-order valence-corrected chi connectivity index (χ2v) is 6.54. The van der Waals surface area contributed by atoms with Gasteiger partial charge >= 0.3 is 17.9 Å². The van der Waals surface area contributed by atoms with Gasteiger partial charge in [-0.3, -0.25) is 4.90 Å². The third kappa shape index (κ3) is 4.90. The van der Waals surface area contributed by atoms with Crippen molar-refractivity contribution < 1.29 is 29.3 Å². The largest absolute Gasteiger partial charge is 0.473 e. The summed E-state index contributed by atoms with van der Waals surface area (Å²) in [5.74, 6) is -3.83. The summed E-state index contributed by atoms with van der Waals surface area (Å²) < 4.78 is 5.01. The van der Waals surface area contributed by atoms with Crippen LogP contribution in [0.4, 0.5) is 0 Å². The number of methoxy groups -OCH3 is 1. The Hall–Kier alpha value is -2.71. The van der Waals surface area contributed by atoms with E-state index in [1.165, 1.54) is 17.6 Å². The molecule has 7 nitrogen and oxygen atoms in total. The number of nitrogens with zero attached hydrogens (tertiary/aromatic N) is 1. The summed E-state index contributed by atoms with van der Waals surface area (Å²) in [6.07, 6.45) is 1.01. The zero-order valence-corrected chi connectivity index (χ0v) is 14.9. The number of esters is 1. The van der Waals surface area contributed by atoms with Gasteiger partial charge in [-0.05, 0) is 29.0 Å². The quantitative estimate of drug-likeness (QED) is 0.624. The molecule has 0 saturated carbocycles. The predicted octanol–water partition coefficient (Wildman–Crippen LogP) is 2.18. The summed E-state index contributed by atoms with van der Waals surface area (Å²) >= 11 is 1.81. The molecular formula is C18H19NO6S. The molecule has 1 aromatic carbocycles. The van der Waals surface area contributed by atoms with Crippen molar-refractivity contribution in [2.75, 3.05) is 13.7 Å². The molecule has 2 aromatic rings. The van der Waals surface area contributed by atoms with Gasteiger partial charge in [0.25, 0.3) is 0 Å². The highest BCUT2D eigenvalue weighted by Gasteiger charge is 2.31. The van der Waals surface area contributed by atoms with Crippen LogP contribution < -0.4 is 0 Å². The number of aliphatic carboxylic acids is 2. The minimum atomic E-state index is -1.82. The molecule has 1 aliphatic heterocycles. The standard InChI is InChI=1S/C16H17NO2S.C2H2O4/c1-19-16(18)15(12-5-3-2-4-6-12)17-9-7-14-13(11-17)8-10-20-14;3-1(4)2(5)6/h2-6,8,10,15H,7,9,11H2,1H3;(H,3,4)(H,5,6)/t15-;/m0./s1. The molecule has 0 radical (unpaired) electrons. The molecule has 3 rings (SSSR count). The molecule has 1 atom stereocenters. The molecule has 8 heteroatoms. The van der Waals surface area contributed by atoms with Crippen LogP contribution in [0.5, 0.6) is 0 Å². The van der Waals surface area contributed by atoms with Gasteiger partial charge in [0.1, 0.15) is 6.04 Å². The van der Waals surface area contributed by atoms with Crippen molar-refractivity contribution in [2.45, 2.75) is 19.0 Å². The number of fused-ring (bicyclic) bond motifs is 1. The van der Waals surface area contributed by atoms with E-state index in [4.69, 9.17) is 24.5 Å². The summed E-state index contributed by atoms with van der Waals surface area (Å²) in [6, 6.07) is 11.7. The van der Waals surface area contributed by atoms with Crippen LogP contribution in [0.2, 0.25) is 0 Å². The first-order valence-corrected chi connectivity index (χ1v) is 8.70. The molecule has 0 bridgehead atoms. The fourth-order valence-electron chi connectivity index (χ4n) is 2.73. The Morgan fingerprint density at radius 2 is 1.77 bits per heavy atom. The van der Waals surface area contributed by atoms with Gasteiger partial charge in [-0.2, -0.15) is 0 Å². The Labute approximate surface area is 154 Å². The lowest BCUT2D eigenvalue weighted by Gasteiger charge is -2.33. The van der Waals surface area contributed by atoms with Crippen molar-refractivity contribution >= 4 is 29.2 Å². The van der Waals surface area contributed by atoms with Crippen LogP contribution in [0, 0.1) is 0 Å². The van der Waals surface area contributed by atoms with Gasteiger partial charge in [-0.1, -0.05) is 30.3 Å². The molecule has 1 aromatic heterocycles. The lowest BCUT2D eigenvalue weighted by Crippen LogP contribution is -2.38. The van der Waals surface area contributed by atoms with Crippen molar-refractivity contribution in [1.29, 1.82) is 0 Å². The maximum Gasteiger partial charge on any atom is 0.414 e. The number of carboxylic acids is 2. The molecule has 26 heavy (non-hydrogen) atoms. The SMILES string of the molecule is COC(=O)[C@H](c1ccccc1)N1CCc2sccc2C1.O=C(O)C(=O)O. The van der Waals surface area contributed by atoms with Crippen LogP contribution in [0.1, 0.15) is 22.0 Å². The maximum atomic E-state index is 12.2. The van der Waals surface area contributed by atoms with E-state index < -0.39 is 11.9 Å². The van der Waals surface area contributed by atoms with Gasteiger partial charge in [-0.15, -0.1) is 11.3 Å². The van der Waals surface area contributed by atoms with Crippen LogP contribution >= 0.6 is 11.3 Å². The molecule has 0 fully saturated rings. The second kappa shape index (κ2) is 9.12. The summed E-state index contributed by atoms with van der Waals surface area (Å²) in [7, 11) is 1.46. The van der Waals surface area contributed by atoms with E-state index >= 15 is 0 Å². The molecule has 0 unspecified atom stereocenters. The number of carbonyl (C=O) groups is 3. The van der Waals surface area contributed by atoms with Gasteiger partial charge < -0.3 is 14.9 Å². The van der Waals surface area contributed by atoms with E-state index in [0.717, 1.165) is 25.1 Å². The van der Waals surface area contributed by atoms with Crippen LogP contribution in [-0.2, 0) is 32.1 Å². The van der Waals surface area contributed by atoms with E-state index in [2.05, 4.69) is 16.3 Å². The van der Waals surface area contributed by atoms with Crippen molar-refractivity contribution in [3.05, 3.63) is 57.8 Å². The topological polar surface area (TPSA) is 104 Å². The number of benzene rings is 1. The van der Waals surface area contributed by atoms with Crippen molar-refractivity contribution in [2.24, 2.45) is 0 Å². The fraction of sp³-hybridized carbons (Fsp3) is 0.278. The molecule has 2 heterocycles. The first kappa shape index (κ1) is 19.6. The van der Waals surface area contributed by atoms with Crippen molar-refractivity contribution in [3.63, 3.8) is 0 Å². The highest BCUT2D eigenvalue weighted by molar-refractivity contribution is 7.10. The van der Waals surface area contributed by atoms with E-state index in [1.807, 2.05) is 30.3 Å². The molecular weight excluding hydrogens is 358 g/mol. The molecule has 138 valence electrons. The van der Waals surface area contributed by atoms with Crippen molar-refractivity contribution in [3.8, 4) is 0 Å². The molecule has 0 aliphatic carbocycles. The number of carboxylic acid groups (broad SMARTS) is 2. The minimum Gasteiger partial charge on any atom is -0.473 e. The zero-order chi connectivity index (χ0) is 19.1. The number of rotatable bonds is 3. The first-order chi connectivity index (χ1) is 12.4. The van der Waals surface area contributed by atoms with Gasteiger partial charge in [0.2, 0.25) is 0 Å². The summed E-state index contributed by atoms with van der Waals surface area (Å²) in [5, 5.41) is 16.9. The first-order valence-electron chi connectivity index (χ1n) is 7.82. The third-order valence-electron chi connectivity index (χ3n) is 3.93. The average molecular weight is 377 g/mol. The highest BCUT2D eigenvalue weighted by Crippen LogP contribution is 2.30. The Kier molecular flexibility index (Phi) is 6.88. The molecule has 0 amide bonds. The molecule has 0 spiro atoms. The van der Waals surface area contributed by atoms with E-state index in [9.17, 15) is 4.79 Å². The van der Waals surface area contributed by atoms with E-state index in [-0.39, 0.29) is 12.0 Å². The molecule has 1 aliphatic rings. The van der Waals surface area contributed by atoms with Crippen LogP contribution in [0.15, 0.2) is 41.8 Å². The Balaban J connectivity index is 0.000000352.